The van der Waals surface area contributed by atoms with E-state index < -0.39 is 12.1 Å². The standard InChI is InChI=1S/C21H29N3O5/c1-13-10-24(14(2)12-25)21(28)18-8-17(7-6-15(3)26)9-22-20(18)29-19(13)11-23(5)16(4)27/h8-9,13-15,19,25-26H,10-12H2,1-5H3/t13-,14+,15+,19-/m0/s1. The van der Waals surface area contributed by atoms with Crippen LogP contribution >= 0.6 is 0 Å². The van der Waals surface area contributed by atoms with Gasteiger partial charge in [0.05, 0.1) is 19.2 Å². The van der Waals surface area contributed by atoms with Gasteiger partial charge in [0.2, 0.25) is 11.8 Å². The molecular formula is C21H29N3O5. The number of hydrogen-bond acceptors (Lipinski definition) is 6. The van der Waals surface area contributed by atoms with Crippen LogP contribution in [0.25, 0.3) is 0 Å². The second-order valence-electron chi connectivity index (χ2n) is 7.54. The highest BCUT2D eigenvalue weighted by Gasteiger charge is 2.34. The number of fused-ring (bicyclic) bond motifs is 1. The number of aromatic nitrogens is 1. The van der Waals surface area contributed by atoms with Gasteiger partial charge in [-0.15, -0.1) is 0 Å². The highest BCUT2D eigenvalue weighted by molar-refractivity contribution is 5.97. The molecule has 0 saturated heterocycles. The van der Waals surface area contributed by atoms with E-state index in [2.05, 4.69) is 16.8 Å². The van der Waals surface area contributed by atoms with Crippen LogP contribution in [-0.4, -0.2) is 81.8 Å². The molecule has 2 rings (SSSR count). The lowest BCUT2D eigenvalue weighted by Crippen LogP contribution is -2.50. The van der Waals surface area contributed by atoms with Crippen LogP contribution in [0.2, 0.25) is 0 Å². The summed E-state index contributed by atoms with van der Waals surface area (Å²) in [6, 6.07) is 1.19. The van der Waals surface area contributed by atoms with Crippen molar-refractivity contribution in [2.75, 3.05) is 26.7 Å². The van der Waals surface area contributed by atoms with Gasteiger partial charge in [-0.25, -0.2) is 4.98 Å². The van der Waals surface area contributed by atoms with Gasteiger partial charge in [-0.05, 0) is 19.9 Å². The number of carbonyl (C=O) groups excluding carboxylic acids is 2. The third-order valence-corrected chi connectivity index (χ3v) is 4.94. The zero-order valence-corrected chi connectivity index (χ0v) is 17.5. The zero-order valence-electron chi connectivity index (χ0n) is 17.5. The molecule has 0 aliphatic carbocycles. The minimum absolute atomic E-state index is 0.0866. The Bertz CT molecular complexity index is 814. The largest absolute Gasteiger partial charge is 0.472 e. The van der Waals surface area contributed by atoms with Crippen LogP contribution < -0.4 is 4.74 Å². The fourth-order valence-electron chi connectivity index (χ4n) is 2.97. The van der Waals surface area contributed by atoms with Crippen molar-refractivity contribution in [1.29, 1.82) is 0 Å². The number of nitrogens with zero attached hydrogens (tertiary/aromatic N) is 3. The highest BCUT2D eigenvalue weighted by Crippen LogP contribution is 2.27. The minimum atomic E-state index is -0.804. The van der Waals surface area contributed by atoms with Crippen LogP contribution in [0, 0.1) is 17.8 Å². The molecule has 2 heterocycles. The average molecular weight is 403 g/mol. The van der Waals surface area contributed by atoms with Gasteiger partial charge in [0.15, 0.2) is 0 Å². The molecule has 4 atom stereocenters. The molecular weight excluding hydrogens is 374 g/mol. The quantitative estimate of drug-likeness (QED) is 0.710. The lowest BCUT2D eigenvalue weighted by molar-refractivity contribution is -0.129. The number of carbonyl (C=O) groups is 2. The van der Waals surface area contributed by atoms with Crippen molar-refractivity contribution < 1.29 is 24.5 Å². The number of amides is 2. The Morgan fingerprint density at radius 3 is 2.76 bits per heavy atom. The Morgan fingerprint density at radius 2 is 2.17 bits per heavy atom. The SMILES string of the molecule is CC(=O)N(C)C[C@@H]1Oc2ncc(C#C[C@@H](C)O)cc2C(=O)N([C@H](C)CO)C[C@@H]1C. The fraction of sp³-hybridized carbons (Fsp3) is 0.571. The van der Waals surface area contributed by atoms with Crippen molar-refractivity contribution >= 4 is 11.8 Å². The Balaban J connectivity index is 2.49. The Hall–Kier alpha value is -2.63. The molecule has 2 amide bonds. The molecule has 8 nitrogen and oxygen atoms in total. The topological polar surface area (TPSA) is 103 Å². The van der Waals surface area contributed by atoms with Crippen LogP contribution in [0.3, 0.4) is 0 Å². The first-order valence-electron chi connectivity index (χ1n) is 9.63. The average Bonchev–Trinajstić information content (AvgIpc) is 2.68. The third-order valence-electron chi connectivity index (χ3n) is 4.94. The van der Waals surface area contributed by atoms with E-state index >= 15 is 0 Å². The molecule has 0 unspecified atom stereocenters. The lowest BCUT2D eigenvalue weighted by Gasteiger charge is -2.37. The monoisotopic (exact) mass is 403 g/mol. The van der Waals surface area contributed by atoms with Crippen molar-refractivity contribution in [1.82, 2.24) is 14.8 Å². The number of aliphatic hydroxyl groups is 2. The molecule has 0 bridgehead atoms. The number of likely N-dealkylation sites (N-methyl/N-ethyl adjacent to an activating group) is 1. The maximum Gasteiger partial charge on any atom is 0.259 e. The predicted octanol–water partition coefficient (Wildman–Crippen LogP) is 0.512. The molecule has 0 spiro atoms. The lowest BCUT2D eigenvalue weighted by atomic mass is 10.00. The summed E-state index contributed by atoms with van der Waals surface area (Å²) in [5.41, 5.74) is 0.717. The summed E-state index contributed by atoms with van der Waals surface area (Å²) in [4.78, 5) is 32.3. The molecule has 29 heavy (non-hydrogen) atoms. The summed E-state index contributed by atoms with van der Waals surface area (Å²) in [6.45, 7) is 7.27. The summed E-state index contributed by atoms with van der Waals surface area (Å²) >= 11 is 0. The summed E-state index contributed by atoms with van der Waals surface area (Å²) in [5, 5.41) is 19.0. The summed E-state index contributed by atoms with van der Waals surface area (Å²) < 4.78 is 6.07. The first-order valence-corrected chi connectivity index (χ1v) is 9.63. The molecule has 1 aliphatic heterocycles. The van der Waals surface area contributed by atoms with Gasteiger partial charge in [-0.2, -0.15) is 0 Å². The molecule has 0 radical (unpaired) electrons. The van der Waals surface area contributed by atoms with Crippen molar-refractivity contribution in [2.24, 2.45) is 5.92 Å². The van der Waals surface area contributed by atoms with Gasteiger partial charge in [0.1, 0.15) is 17.8 Å². The number of aliphatic hydroxyl groups excluding tert-OH is 2. The van der Waals surface area contributed by atoms with Crippen molar-refractivity contribution in [3.8, 4) is 17.7 Å². The molecule has 0 aromatic carbocycles. The highest BCUT2D eigenvalue weighted by atomic mass is 16.5. The number of rotatable bonds is 4. The van der Waals surface area contributed by atoms with E-state index in [1.807, 2.05) is 6.92 Å². The van der Waals surface area contributed by atoms with E-state index in [1.165, 1.54) is 13.1 Å². The van der Waals surface area contributed by atoms with Gasteiger partial charge in [0, 0.05) is 38.2 Å². The van der Waals surface area contributed by atoms with E-state index in [9.17, 15) is 19.8 Å². The maximum absolute atomic E-state index is 13.2. The minimum Gasteiger partial charge on any atom is -0.472 e. The van der Waals surface area contributed by atoms with Gasteiger partial charge in [-0.1, -0.05) is 18.8 Å². The van der Waals surface area contributed by atoms with E-state index in [4.69, 9.17) is 4.74 Å². The van der Waals surface area contributed by atoms with Crippen molar-refractivity contribution in [3.63, 3.8) is 0 Å². The predicted molar refractivity (Wildman–Crippen MR) is 107 cm³/mol. The van der Waals surface area contributed by atoms with E-state index in [-0.39, 0.29) is 41.9 Å². The van der Waals surface area contributed by atoms with E-state index in [0.717, 1.165) is 0 Å². The van der Waals surface area contributed by atoms with Gasteiger partial charge < -0.3 is 24.7 Å². The first-order chi connectivity index (χ1) is 13.6. The third kappa shape index (κ3) is 5.68. The fourth-order valence-corrected chi connectivity index (χ4v) is 2.97. The second-order valence-corrected chi connectivity index (χ2v) is 7.54. The normalized spacial score (nSPS) is 20.9. The van der Waals surface area contributed by atoms with Crippen molar-refractivity contribution in [3.05, 3.63) is 23.4 Å². The molecule has 1 aromatic heterocycles. The van der Waals surface area contributed by atoms with Crippen LogP contribution in [0.5, 0.6) is 5.88 Å². The molecule has 8 heteroatoms. The van der Waals surface area contributed by atoms with E-state index in [1.54, 1.807) is 36.8 Å². The van der Waals surface area contributed by atoms with Gasteiger partial charge in [-0.3, -0.25) is 9.59 Å². The summed E-state index contributed by atoms with van der Waals surface area (Å²) in [5.74, 6) is 5.09. The molecule has 0 saturated carbocycles. The summed E-state index contributed by atoms with van der Waals surface area (Å²) in [7, 11) is 1.69. The molecule has 1 aromatic rings. The number of pyridine rings is 1. The van der Waals surface area contributed by atoms with Crippen molar-refractivity contribution in [2.45, 2.75) is 45.9 Å². The maximum atomic E-state index is 13.2. The molecule has 1 aliphatic rings. The first kappa shape index (κ1) is 22.7. The number of ether oxygens (including phenoxy) is 1. The van der Waals surface area contributed by atoms with Gasteiger partial charge in [0.25, 0.3) is 5.91 Å². The Labute approximate surface area is 171 Å². The zero-order chi connectivity index (χ0) is 21.7. The molecule has 0 fully saturated rings. The van der Waals surface area contributed by atoms with Crippen LogP contribution in [0.15, 0.2) is 12.3 Å². The molecule has 158 valence electrons. The summed E-state index contributed by atoms with van der Waals surface area (Å²) in [6.07, 6.45) is 0.299. The Kier molecular flexibility index (Phi) is 7.59. The van der Waals surface area contributed by atoms with E-state index in [0.29, 0.717) is 18.7 Å². The van der Waals surface area contributed by atoms with Crippen LogP contribution in [0.1, 0.15) is 43.6 Å². The molecule has 2 N–H and O–H groups in total. The Morgan fingerprint density at radius 1 is 1.48 bits per heavy atom. The van der Waals surface area contributed by atoms with Crippen LogP contribution in [-0.2, 0) is 4.79 Å². The number of hydrogen-bond donors (Lipinski definition) is 2. The van der Waals surface area contributed by atoms with Crippen LogP contribution in [0.4, 0.5) is 0 Å². The smallest absolute Gasteiger partial charge is 0.259 e. The van der Waals surface area contributed by atoms with Gasteiger partial charge >= 0.3 is 0 Å². The second kappa shape index (κ2) is 9.72.